The lowest BCUT2D eigenvalue weighted by Crippen LogP contribution is -2.41. The van der Waals surface area contributed by atoms with Crippen LogP contribution in [0.5, 0.6) is 0 Å². The van der Waals surface area contributed by atoms with E-state index in [1.54, 1.807) is 43.3 Å². The number of hydrogen-bond acceptors (Lipinski definition) is 4. The summed E-state index contributed by atoms with van der Waals surface area (Å²) >= 11 is 6.04. The molecule has 1 aliphatic rings. The van der Waals surface area contributed by atoms with E-state index in [0.717, 1.165) is 17.1 Å². The molecule has 0 spiro atoms. The van der Waals surface area contributed by atoms with Gasteiger partial charge in [0.25, 0.3) is 10.0 Å². The first-order valence-electron chi connectivity index (χ1n) is 10.6. The molecule has 1 N–H and O–H groups in total. The Morgan fingerprint density at radius 3 is 2.55 bits per heavy atom. The highest BCUT2D eigenvalue weighted by Gasteiger charge is 2.28. The van der Waals surface area contributed by atoms with Crippen LogP contribution in [0.25, 0.3) is 0 Å². The van der Waals surface area contributed by atoms with Gasteiger partial charge < -0.3 is 10.1 Å². The molecule has 6 nitrogen and oxygen atoms in total. The number of nitrogens with one attached hydrogen (secondary N) is 1. The second-order valence-electron chi connectivity index (χ2n) is 7.74. The second kappa shape index (κ2) is 11.0. The van der Waals surface area contributed by atoms with E-state index >= 15 is 0 Å². The number of ether oxygens (including phenoxy) is 1. The van der Waals surface area contributed by atoms with Gasteiger partial charge in [-0.1, -0.05) is 42.6 Å². The van der Waals surface area contributed by atoms with Crippen LogP contribution >= 0.6 is 11.6 Å². The lowest BCUT2D eigenvalue weighted by Gasteiger charge is -2.25. The molecule has 0 heterocycles. The molecule has 1 saturated carbocycles. The smallest absolute Gasteiger partial charge is 0.264 e. The van der Waals surface area contributed by atoms with Crippen molar-refractivity contribution in [3.8, 4) is 0 Å². The highest BCUT2D eigenvalue weighted by atomic mass is 35.5. The fraction of sp³-hybridized carbons (Fsp3) is 0.435. The summed E-state index contributed by atoms with van der Waals surface area (Å²) in [4.78, 5) is 12.7. The van der Waals surface area contributed by atoms with Gasteiger partial charge in [0.2, 0.25) is 5.91 Å². The summed E-state index contributed by atoms with van der Waals surface area (Å²) < 4.78 is 33.6. The Labute approximate surface area is 189 Å². The van der Waals surface area contributed by atoms with Crippen LogP contribution in [0.2, 0.25) is 5.02 Å². The van der Waals surface area contributed by atoms with Gasteiger partial charge in [-0.05, 0) is 62.1 Å². The van der Waals surface area contributed by atoms with Crippen molar-refractivity contribution < 1.29 is 17.9 Å². The lowest BCUT2D eigenvalue weighted by atomic mass is 10.2. The van der Waals surface area contributed by atoms with E-state index in [0.29, 0.717) is 41.9 Å². The minimum atomic E-state index is -3.93. The summed E-state index contributed by atoms with van der Waals surface area (Å²) in [5.41, 5.74) is 1.10. The number of aryl methyl sites for hydroxylation is 1. The Balaban J connectivity index is 1.67. The van der Waals surface area contributed by atoms with Crippen LogP contribution in [-0.4, -0.2) is 40.1 Å². The van der Waals surface area contributed by atoms with E-state index in [4.69, 9.17) is 16.3 Å². The number of rotatable bonds is 10. The number of nitrogens with zero attached hydrogens (tertiary/aromatic N) is 1. The second-order valence-corrected chi connectivity index (χ2v) is 10.0. The number of amides is 1. The maximum Gasteiger partial charge on any atom is 0.264 e. The molecule has 0 unspecified atom stereocenters. The van der Waals surface area contributed by atoms with Gasteiger partial charge >= 0.3 is 0 Å². The van der Waals surface area contributed by atoms with Gasteiger partial charge in [-0.3, -0.25) is 9.10 Å². The van der Waals surface area contributed by atoms with Crippen molar-refractivity contribution >= 4 is 33.2 Å². The Morgan fingerprint density at radius 2 is 1.87 bits per heavy atom. The fourth-order valence-corrected chi connectivity index (χ4v) is 5.44. The molecule has 1 fully saturated rings. The summed E-state index contributed by atoms with van der Waals surface area (Å²) in [6.07, 6.45) is 5.69. The van der Waals surface area contributed by atoms with Crippen molar-refractivity contribution in [2.45, 2.75) is 50.0 Å². The van der Waals surface area contributed by atoms with Crippen LogP contribution in [0.1, 0.15) is 37.7 Å². The first kappa shape index (κ1) is 23.6. The van der Waals surface area contributed by atoms with Crippen LogP contribution in [0.3, 0.4) is 0 Å². The highest BCUT2D eigenvalue weighted by Crippen LogP contribution is 2.28. The SMILES string of the molecule is Cc1cc(Cl)ccc1N(CC(=O)NCCCOC1CCCC1)S(=O)(=O)c1ccccc1. The molecule has 1 amide bonds. The van der Waals surface area contributed by atoms with Gasteiger partial charge in [0.1, 0.15) is 6.54 Å². The molecule has 0 saturated heterocycles. The number of benzene rings is 2. The maximum atomic E-state index is 13.3. The van der Waals surface area contributed by atoms with Gasteiger partial charge in [-0.15, -0.1) is 0 Å². The molecule has 2 aromatic rings. The van der Waals surface area contributed by atoms with Crippen molar-refractivity contribution in [1.29, 1.82) is 0 Å². The molecule has 8 heteroatoms. The Bertz CT molecular complexity index is 976. The predicted molar refractivity (Wildman–Crippen MR) is 123 cm³/mol. The van der Waals surface area contributed by atoms with Crippen LogP contribution in [-0.2, 0) is 19.6 Å². The summed E-state index contributed by atoms with van der Waals surface area (Å²) in [6.45, 7) is 2.48. The van der Waals surface area contributed by atoms with Crippen molar-refractivity contribution in [3.63, 3.8) is 0 Å². The molecule has 0 atom stereocenters. The van der Waals surface area contributed by atoms with E-state index < -0.39 is 10.0 Å². The minimum absolute atomic E-state index is 0.127. The molecular weight excluding hydrogens is 436 g/mol. The molecule has 1 aliphatic carbocycles. The van der Waals surface area contributed by atoms with Crippen LogP contribution in [0.4, 0.5) is 5.69 Å². The first-order chi connectivity index (χ1) is 14.9. The molecule has 3 rings (SSSR count). The quantitative estimate of drug-likeness (QED) is 0.531. The molecule has 0 bridgehead atoms. The number of hydrogen-bond donors (Lipinski definition) is 1. The third-order valence-electron chi connectivity index (χ3n) is 5.34. The third-order valence-corrected chi connectivity index (χ3v) is 7.35. The van der Waals surface area contributed by atoms with E-state index in [2.05, 4.69) is 5.32 Å². The topological polar surface area (TPSA) is 75.7 Å². The van der Waals surface area contributed by atoms with Crippen molar-refractivity contribution in [2.24, 2.45) is 0 Å². The number of sulfonamides is 1. The van der Waals surface area contributed by atoms with Crippen LogP contribution in [0.15, 0.2) is 53.4 Å². The molecule has 2 aromatic carbocycles. The van der Waals surface area contributed by atoms with E-state index in [1.807, 2.05) is 0 Å². The van der Waals surface area contributed by atoms with E-state index in [-0.39, 0.29) is 17.3 Å². The highest BCUT2D eigenvalue weighted by molar-refractivity contribution is 7.92. The van der Waals surface area contributed by atoms with E-state index in [9.17, 15) is 13.2 Å². The molecule has 168 valence electrons. The van der Waals surface area contributed by atoms with Crippen molar-refractivity contribution in [3.05, 3.63) is 59.1 Å². The first-order valence-corrected chi connectivity index (χ1v) is 12.4. The Hall–Kier alpha value is -2.09. The largest absolute Gasteiger partial charge is 0.378 e. The number of carbonyl (C=O) groups excluding carboxylic acids is 1. The zero-order chi connectivity index (χ0) is 22.3. The average molecular weight is 465 g/mol. The lowest BCUT2D eigenvalue weighted by molar-refractivity contribution is -0.119. The Morgan fingerprint density at radius 1 is 1.16 bits per heavy atom. The molecule has 0 aliphatic heterocycles. The summed E-state index contributed by atoms with van der Waals surface area (Å²) in [5, 5.41) is 3.32. The monoisotopic (exact) mass is 464 g/mol. The van der Waals surface area contributed by atoms with Gasteiger partial charge in [-0.25, -0.2) is 8.42 Å². The summed E-state index contributed by atoms with van der Waals surface area (Å²) in [5.74, 6) is -0.366. The van der Waals surface area contributed by atoms with Gasteiger partial charge in [0.05, 0.1) is 16.7 Å². The zero-order valence-corrected chi connectivity index (χ0v) is 19.3. The molecule has 31 heavy (non-hydrogen) atoms. The summed E-state index contributed by atoms with van der Waals surface area (Å²) in [7, 11) is -3.93. The van der Waals surface area contributed by atoms with E-state index in [1.165, 1.54) is 25.0 Å². The zero-order valence-electron chi connectivity index (χ0n) is 17.7. The van der Waals surface area contributed by atoms with Gasteiger partial charge in [0.15, 0.2) is 0 Å². The summed E-state index contributed by atoms with van der Waals surface area (Å²) in [6, 6.07) is 13.0. The minimum Gasteiger partial charge on any atom is -0.378 e. The standard InChI is InChI=1S/C23H29ClN2O4S/c1-18-16-19(24)12-13-22(18)26(31(28,29)21-10-3-2-4-11-21)17-23(27)25-14-7-15-30-20-8-5-6-9-20/h2-4,10-13,16,20H,5-9,14-15,17H2,1H3,(H,25,27). The fourth-order valence-electron chi connectivity index (χ4n) is 3.71. The number of anilines is 1. The molecule has 0 radical (unpaired) electrons. The predicted octanol–water partition coefficient (Wildman–Crippen LogP) is 4.31. The van der Waals surface area contributed by atoms with Crippen LogP contribution < -0.4 is 9.62 Å². The maximum absolute atomic E-state index is 13.3. The average Bonchev–Trinajstić information content (AvgIpc) is 3.26. The third kappa shape index (κ3) is 6.45. The van der Waals surface area contributed by atoms with Gasteiger partial charge in [0, 0.05) is 18.2 Å². The van der Waals surface area contributed by atoms with Crippen molar-refractivity contribution in [1.82, 2.24) is 5.32 Å². The Kier molecular flexibility index (Phi) is 8.35. The molecular formula is C23H29ClN2O4S. The number of halogens is 1. The van der Waals surface area contributed by atoms with Crippen molar-refractivity contribution in [2.75, 3.05) is 24.0 Å². The number of carbonyl (C=O) groups is 1. The molecule has 0 aromatic heterocycles. The van der Waals surface area contributed by atoms with Gasteiger partial charge in [-0.2, -0.15) is 0 Å². The van der Waals surface area contributed by atoms with Crippen LogP contribution in [0, 0.1) is 6.92 Å². The normalized spacial score (nSPS) is 14.5.